The molecule has 0 aromatic rings. The molecule has 0 aromatic carbocycles. The third-order valence-electron chi connectivity index (χ3n) is 3.29. The first-order chi connectivity index (χ1) is 6.40. The molecule has 0 aliphatic carbocycles. The minimum atomic E-state index is 0.745. The number of nitrogens with two attached hydrogens (primary N) is 1. The van der Waals surface area contributed by atoms with Crippen molar-refractivity contribution in [1.29, 1.82) is 0 Å². The molecule has 4 nitrogen and oxygen atoms in total. The normalized spacial score (nSPS) is 27.1. The fourth-order valence-corrected chi connectivity index (χ4v) is 2.18. The van der Waals surface area contributed by atoms with Gasteiger partial charge in [0.15, 0.2) is 0 Å². The first kappa shape index (κ1) is 9.09. The second kappa shape index (κ2) is 4.15. The quantitative estimate of drug-likeness (QED) is 0.545. The summed E-state index contributed by atoms with van der Waals surface area (Å²) in [7, 11) is 0. The van der Waals surface area contributed by atoms with Crippen molar-refractivity contribution in [1.82, 2.24) is 10.2 Å². The zero-order valence-corrected chi connectivity index (χ0v) is 8.08. The van der Waals surface area contributed by atoms with E-state index in [2.05, 4.69) is 15.3 Å². The second-order valence-electron chi connectivity index (χ2n) is 4.16. The van der Waals surface area contributed by atoms with Crippen LogP contribution in [0.25, 0.3) is 0 Å². The van der Waals surface area contributed by atoms with Crippen LogP contribution in [0.4, 0.5) is 0 Å². The van der Waals surface area contributed by atoms with E-state index in [9.17, 15) is 0 Å². The van der Waals surface area contributed by atoms with E-state index in [4.69, 9.17) is 5.53 Å². The van der Waals surface area contributed by atoms with Crippen LogP contribution >= 0.6 is 0 Å². The average Bonchev–Trinajstić information content (AvgIpc) is 2.06. The third-order valence-corrected chi connectivity index (χ3v) is 3.29. The van der Waals surface area contributed by atoms with Crippen LogP contribution in [-0.2, 0) is 0 Å². The summed E-state index contributed by atoms with van der Waals surface area (Å²) < 4.78 is 0. The highest BCUT2D eigenvalue weighted by Gasteiger charge is 2.28. The zero-order chi connectivity index (χ0) is 9.10. The second-order valence-corrected chi connectivity index (χ2v) is 4.16. The summed E-state index contributed by atoms with van der Waals surface area (Å²) in [5.74, 6) is 0.745. The highest BCUT2D eigenvalue weighted by atomic mass is 15.2. The molecule has 0 atom stereocenters. The molecule has 2 fully saturated rings. The largest absolute Gasteiger partial charge is 0.314 e. The van der Waals surface area contributed by atoms with Crippen LogP contribution in [0.15, 0.2) is 5.11 Å². The summed E-state index contributed by atoms with van der Waals surface area (Å²) in [4.78, 5) is 2.60. The van der Waals surface area contributed by atoms with E-state index in [0.717, 1.165) is 18.5 Å². The van der Waals surface area contributed by atoms with E-state index in [0.29, 0.717) is 0 Å². The van der Waals surface area contributed by atoms with Gasteiger partial charge in [-0.2, -0.15) is 5.53 Å². The monoisotopic (exact) mass is 183 g/mol. The Morgan fingerprint density at radius 1 is 1.31 bits per heavy atom. The lowest BCUT2D eigenvalue weighted by Crippen LogP contribution is -2.58. The fraction of sp³-hybridized carbons (Fsp3) is 1.00. The van der Waals surface area contributed by atoms with Gasteiger partial charge in [-0.1, -0.05) is 0 Å². The van der Waals surface area contributed by atoms with E-state index < -0.39 is 0 Å². The third kappa shape index (κ3) is 2.06. The van der Waals surface area contributed by atoms with Crippen LogP contribution in [0.1, 0.15) is 12.8 Å². The van der Waals surface area contributed by atoms with E-state index in [1.54, 1.807) is 0 Å². The van der Waals surface area contributed by atoms with Crippen LogP contribution in [0.3, 0.4) is 0 Å². The smallest absolute Gasteiger partial charge is 0.104 e. The first-order valence-corrected chi connectivity index (χ1v) is 5.21. The SMILES string of the molecule is [NH2+]=NCC1CCN(C2CNC2)CC1. The van der Waals surface area contributed by atoms with Gasteiger partial charge >= 0.3 is 0 Å². The van der Waals surface area contributed by atoms with E-state index >= 15 is 0 Å². The van der Waals surface area contributed by atoms with Crippen molar-refractivity contribution in [3.8, 4) is 0 Å². The molecular weight excluding hydrogens is 164 g/mol. The molecular formula is C9H19N4+. The molecule has 2 rings (SSSR count). The Morgan fingerprint density at radius 3 is 2.46 bits per heavy atom. The summed E-state index contributed by atoms with van der Waals surface area (Å²) >= 11 is 0. The molecule has 3 N–H and O–H groups in total. The highest BCUT2D eigenvalue weighted by Crippen LogP contribution is 2.19. The van der Waals surface area contributed by atoms with Crippen molar-refractivity contribution in [2.24, 2.45) is 11.0 Å². The summed E-state index contributed by atoms with van der Waals surface area (Å²) in [6, 6.07) is 0.816. The van der Waals surface area contributed by atoms with Gasteiger partial charge in [-0.15, -0.1) is 0 Å². The summed E-state index contributed by atoms with van der Waals surface area (Å²) in [5, 5.41) is 7.05. The van der Waals surface area contributed by atoms with Crippen LogP contribution < -0.4 is 10.8 Å². The molecule has 0 spiro atoms. The van der Waals surface area contributed by atoms with Crippen molar-refractivity contribution in [2.75, 3.05) is 32.7 Å². The van der Waals surface area contributed by atoms with Gasteiger partial charge in [0.2, 0.25) is 0 Å². The van der Waals surface area contributed by atoms with Gasteiger partial charge in [-0.25, -0.2) is 0 Å². The number of hydrogen-bond acceptors (Lipinski definition) is 3. The molecule has 2 saturated heterocycles. The van der Waals surface area contributed by atoms with Gasteiger partial charge in [-0.3, -0.25) is 4.90 Å². The molecule has 0 radical (unpaired) electrons. The van der Waals surface area contributed by atoms with Crippen molar-refractivity contribution in [2.45, 2.75) is 18.9 Å². The molecule has 74 valence electrons. The predicted molar refractivity (Wildman–Crippen MR) is 50.2 cm³/mol. The summed E-state index contributed by atoms with van der Waals surface area (Å²) in [6.45, 7) is 5.72. The van der Waals surface area contributed by atoms with Crippen LogP contribution in [0.2, 0.25) is 0 Å². The van der Waals surface area contributed by atoms with Crippen LogP contribution in [-0.4, -0.2) is 43.7 Å². The topological polar surface area (TPSA) is 53.2 Å². The van der Waals surface area contributed by atoms with Gasteiger partial charge < -0.3 is 5.32 Å². The van der Waals surface area contributed by atoms with Gasteiger partial charge in [0.1, 0.15) is 6.54 Å². The molecule has 13 heavy (non-hydrogen) atoms. The van der Waals surface area contributed by atoms with Crippen molar-refractivity contribution in [3.05, 3.63) is 0 Å². The minimum absolute atomic E-state index is 0.745. The van der Waals surface area contributed by atoms with Gasteiger partial charge in [0, 0.05) is 19.1 Å². The van der Waals surface area contributed by atoms with Gasteiger partial charge in [0.05, 0.1) is 0 Å². The van der Waals surface area contributed by atoms with Crippen molar-refractivity contribution < 1.29 is 5.53 Å². The Kier molecular flexibility index (Phi) is 2.90. The number of hydrogen-bond donors (Lipinski definition) is 2. The molecule has 0 amide bonds. The lowest BCUT2D eigenvalue weighted by Gasteiger charge is -2.41. The Balaban J connectivity index is 1.72. The molecule has 2 heterocycles. The van der Waals surface area contributed by atoms with Crippen LogP contribution in [0, 0.1) is 5.92 Å². The maximum atomic E-state index is 5.19. The minimum Gasteiger partial charge on any atom is -0.314 e. The van der Waals surface area contributed by atoms with E-state index in [-0.39, 0.29) is 0 Å². The summed E-state index contributed by atoms with van der Waals surface area (Å²) in [5.41, 5.74) is 5.19. The van der Waals surface area contributed by atoms with Crippen molar-refractivity contribution in [3.63, 3.8) is 0 Å². The molecule has 0 saturated carbocycles. The predicted octanol–water partition coefficient (Wildman–Crippen LogP) is -1.12. The molecule has 0 bridgehead atoms. The van der Waals surface area contributed by atoms with Gasteiger partial charge in [-0.05, 0) is 37.0 Å². The lowest BCUT2D eigenvalue weighted by atomic mass is 9.95. The van der Waals surface area contributed by atoms with Gasteiger partial charge in [0.25, 0.3) is 0 Å². The first-order valence-electron chi connectivity index (χ1n) is 5.21. The molecule has 2 aliphatic rings. The van der Waals surface area contributed by atoms with E-state index in [1.165, 1.54) is 39.0 Å². The maximum Gasteiger partial charge on any atom is 0.104 e. The fourth-order valence-electron chi connectivity index (χ4n) is 2.18. The number of rotatable bonds is 3. The number of nitrogens with one attached hydrogen (secondary N) is 1. The Bertz CT molecular complexity index is 170. The Morgan fingerprint density at radius 2 is 2.00 bits per heavy atom. The summed E-state index contributed by atoms with van der Waals surface area (Å²) in [6.07, 6.45) is 2.55. The number of likely N-dealkylation sites (tertiary alicyclic amines) is 1. The lowest BCUT2D eigenvalue weighted by molar-refractivity contribution is -0.224. The maximum absolute atomic E-state index is 5.19. The highest BCUT2D eigenvalue weighted by molar-refractivity contribution is 4.87. The standard InChI is InChI=1S/C9H18N4/c10-12-5-8-1-3-13(4-2-8)9-6-11-7-9/h8-11H,1-7H2/p+1. The number of piperidine rings is 1. The molecule has 0 unspecified atom stereocenters. The van der Waals surface area contributed by atoms with Crippen LogP contribution in [0.5, 0.6) is 0 Å². The van der Waals surface area contributed by atoms with E-state index in [1.807, 2.05) is 0 Å². The van der Waals surface area contributed by atoms with Crippen molar-refractivity contribution >= 4 is 0 Å². The molecule has 4 heteroatoms. The average molecular weight is 183 g/mol. The number of nitrogens with zero attached hydrogens (tertiary/aromatic N) is 2. The Labute approximate surface area is 79.2 Å². The molecule has 0 aromatic heterocycles. The zero-order valence-electron chi connectivity index (χ0n) is 8.08. The Hall–Kier alpha value is -0.480. The molecule has 2 aliphatic heterocycles.